The molecule has 2 aromatic carbocycles. The van der Waals surface area contributed by atoms with E-state index in [1.807, 2.05) is 25.1 Å². The number of anilines is 1. The maximum atomic E-state index is 16.8. The number of hydrogen-bond acceptors (Lipinski definition) is 6. The average Bonchev–Trinajstić information content (AvgIpc) is 3.05. The molecule has 11 heteroatoms. The first-order valence-corrected chi connectivity index (χ1v) is 13.4. The van der Waals surface area contributed by atoms with Gasteiger partial charge in [-0.15, -0.1) is 0 Å². The Kier molecular flexibility index (Phi) is 4.53. The van der Waals surface area contributed by atoms with Gasteiger partial charge in [-0.2, -0.15) is 0 Å². The predicted molar refractivity (Wildman–Crippen MR) is 137 cm³/mol. The van der Waals surface area contributed by atoms with Gasteiger partial charge >= 0.3 is 0 Å². The molecule has 0 bridgehead atoms. The molecule has 0 radical (unpaired) electrons. The molecule has 5 aliphatic rings. The summed E-state index contributed by atoms with van der Waals surface area (Å²) in [6, 6.07) is 8.43. The molecular weight excluding hydrogens is 525 g/mol. The Balaban J connectivity index is 1.47. The fourth-order valence-corrected chi connectivity index (χ4v) is 7.56. The van der Waals surface area contributed by atoms with E-state index >= 15 is 8.78 Å². The Bertz CT molecular complexity index is 1710. The molecular formula is C29H25F3N4O4. The number of rotatable bonds is 1. The lowest BCUT2D eigenvalue weighted by Gasteiger charge is -2.51. The van der Waals surface area contributed by atoms with E-state index in [-0.39, 0.29) is 44.0 Å². The highest BCUT2D eigenvalue weighted by atomic mass is 19.2. The van der Waals surface area contributed by atoms with Crippen LogP contribution < -0.4 is 15.3 Å². The third-order valence-electron chi connectivity index (χ3n) is 9.74. The summed E-state index contributed by atoms with van der Waals surface area (Å²) in [5.74, 6) is -5.09. The number of ether oxygens (including phenoxy) is 1. The topological polar surface area (TPSA) is 78.2 Å². The van der Waals surface area contributed by atoms with Crippen LogP contribution in [0.5, 0.6) is 5.75 Å². The minimum Gasteiger partial charge on any atom is -0.502 e. The quantitative estimate of drug-likeness (QED) is 0.468. The SMILES string of the molecule is CC12CCC1(F)N1Cc3c(ccc(F)c3F)C(N3C4COCCN4C(=O)c4c(O)c(=O)ccn43)c3cccc2c31. The molecule has 1 saturated carbocycles. The molecule has 0 spiro atoms. The monoisotopic (exact) mass is 550 g/mol. The predicted octanol–water partition coefficient (Wildman–Crippen LogP) is 3.42. The van der Waals surface area contributed by atoms with Crippen molar-refractivity contribution in [1.29, 1.82) is 0 Å². The van der Waals surface area contributed by atoms with Crippen LogP contribution in [-0.4, -0.2) is 52.3 Å². The summed E-state index contributed by atoms with van der Waals surface area (Å²) in [6.07, 6.45) is 1.56. The molecule has 40 heavy (non-hydrogen) atoms. The van der Waals surface area contributed by atoms with Crippen molar-refractivity contribution in [3.8, 4) is 5.75 Å². The number of halogens is 3. The van der Waals surface area contributed by atoms with Gasteiger partial charge in [0.2, 0.25) is 5.43 Å². The van der Waals surface area contributed by atoms with Crippen LogP contribution in [0.25, 0.3) is 0 Å². The maximum Gasteiger partial charge on any atom is 0.278 e. The summed E-state index contributed by atoms with van der Waals surface area (Å²) in [5.41, 5.74) is 0.738. The lowest BCUT2D eigenvalue weighted by Crippen LogP contribution is -2.66. The molecule has 8 rings (SSSR count). The Labute approximate surface area is 226 Å². The molecule has 1 saturated heterocycles. The molecule has 206 valence electrons. The number of benzene rings is 2. The van der Waals surface area contributed by atoms with E-state index in [4.69, 9.17) is 4.74 Å². The van der Waals surface area contributed by atoms with Crippen molar-refractivity contribution in [2.24, 2.45) is 0 Å². The molecule has 4 unspecified atom stereocenters. The van der Waals surface area contributed by atoms with Gasteiger partial charge in [-0.1, -0.05) is 31.2 Å². The summed E-state index contributed by atoms with van der Waals surface area (Å²) >= 11 is 0. The van der Waals surface area contributed by atoms with Crippen LogP contribution >= 0.6 is 0 Å². The number of hydrogen-bond donors (Lipinski definition) is 1. The number of morpholine rings is 1. The fraction of sp³-hybridized carbons (Fsp3) is 0.379. The van der Waals surface area contributed by atoms with Crippen molar-refractivity contribution < 1.29 is 27.8 Å². The highest BCUT2D eigenvalue weighted by Crippen LogP contribution is 2.66. The van der Waals surface area contributed by atoms with Gasteiger partial charge in [0.1, 0.15) is 12.2 Å². The van der Waals surface area contributed by atoms with Gasteiger partial charge in [0.15, 0.2) is 28.9 Å². The lowest BCUT2D eigenvalue weighted by molar-refractivity contribution is -0.0259. The number of pyridine rings is 1. The van der Waals surface area contributed by atoms with Gasteiger partial charge < -0.3 is 19.6 Å². The van der Waals surface area contributed by atoms with Gasteiger partial charge in [-0.3, -0.25) is 19.3 Å². The number of nitrogens with zero attached hydrogens (tertiary/aromatic N) is 4. The zero-order valence-electron chi connectivity index (χ0n) is 21.5. The van der Waals surface area contributed by atoms with Crippen molar-refractivity contribution in [3.05, 3.63) is 92.4 Å². The molecule has 5 heterocycles. The standard InChI is InChI=1S/C29H25F3N4O4/c1-28-8-9-29(28,32)34-13-17-15(5-6-19(30)22(17)31)23(16-3-2-4-18(28)24(16)34)36-21-14-40-12-11-33(21)27(39)25-26(38)20(37)7-10-35(25)36/h2-7,10,21,23,38H,8-9,11-14H2,1H3. The van der Waals surface area contributed by atoms with E-state index in [0.717, 1.165) is 17.7 Å². The Morgan fingerprint density at radius 3 is 2.67 bits per heavy atom. The number of carbonyl (C=O) groups is 1. The van der Waals surface area contributed by atoms with Crippen LogP contribution in [-0.2, 0) is 16.7 Å². The summed E-state index contributed by atoms with van der Waals surface area (Å²) in [5, 5.41) is 12.5. The Morgan fingerprint density at radius 2 is 1.90 bits per heavy atom. The Morgan fingerprint density at radius 1 is 1.07 bits per heavy atom. The van der Waals surface area contributed by atoms with E-state index in [2.05, 4.69) is 0 Å². The smallest absolute Gasteiger partial charge is 0.278 e. The van der Waals surface area contributed by atoms with E-state index in [9.17, 15) is 19.1 Å². The highest BCUT2D eigenvalue weighted by Gasteiger charge is 2.68. The first-order chi connectivity index (χ1) is 19.2. The van der Waals surface area contributed by atoms with Gasteiger partial charge in [0, 0.05) is 54.0 Å². The number of aromatic nitrogens is 1. The van der Waals surface area contributed by atoms with Crippen LogP contribution in [0.3, 0.4) is 0 Å². The number of amides is 1. The van der Waals surface area contributed by atoms with E-state index in [1.54, 1.807) is 9.91 Å². The van der Waals surface area contributed by atoms with Crippen molar-refractivity contribution in [3.63, 3.8) is 0 Å². The van der Waals surface area contributed by atoms with Crippen LogP contribution in [0.15, 0.2) is 47.4 Å². The van der Waals surface area contributed by atoms with E-state index < -0.39 is 52.1 Å². The maximum absolute atomic E-state index is 16.8. The van der Waals surface area contributed by atoms with Gasteiger partial charge in [0.25, 0.3) is 5.91 Å². The van der Waals surface area contributed by atoms with Crippen molar-refractivity contribution in [1.82, 2.24) is 9.58 Å². The first kappa shape index (κ1) is 23.9. The van der Waals surface area contributed by atoms with Crippen molar-refractivity contribution in [2.45, 2.75) is 49.7 Å². The number of carbonyl (C=O) groups excluding carboxylic acids is 1. The fourth-order valence-electron chi connectivity index (χ4n) is 7.56. The zero-order chi connectivity index (χ0) is 27.7. The summed E-state index contributed by atoms with van der Waals surface area (Å²) in [4.78, 5) is 29.1. The third kappa shape index (κ3) is 2.62. The molecule has 1 amide bonds. The highest BCUT2D eigenvalue weighted by molar-refractivity contribution is 5.96. The molecule has 1 N–H and O–H groups in total. The molecule has 3 aromatic rings. The van der Waals surface area contributed by atoms with Crippen LogP contribution in [0.2, 0.25) is 0 Å². The van der Waals surface area contributed by atoms with E-state index in [0.29, 0.717) is 23.2 Å². The van der Waals surface area contributed by atoms with Gasteiger partial charge in [0.05, 0.1) is 13.2 Å². The minimum absolute atomic E-state index is 0.0207. The van der Waals surface area contributed by atoms with Crippen LogP contribution in [0.1, 0.15) is 58.5 Å². The number of para-hydroxylation sites is 1. The molecule has 4 aliphatic heterocycles. The summed E-state index contributed by atoms with van der Waals surface area (Å²) in [6.45, 7) is 2.24. The van der Waals surface area contributed by atoms with Gasteiger partial charge in [-0.25, -0.2) is 13.2 Å². The summed E-state index contributed by atoms with van der Waals surface area (Å²) < 4.78 is 54.5. The third-order valence-corrected chi connectivity index (χ3v) is 9.74. The first-order valence-electron chi connectivity index (χ1n) is 13.4. The Hall–Kier alpha value is -3.99. The second kappa shape index (κ2) is 7.60. The average molecular weight is 551 g/mol. The molecule has 1 aliphatic carbocycles. The number of alkyl halides is 1. The lowest BCUT2D eigenvalue weighted by atomic mass is 9.61. The minimum atomic E-state index is -1.77. The van der Waals surface area contributed by atoms with Gasteiger partial charge in [-0.05, 0) is 23.6 Å². The zero-order valence-corrected chi connectivity index (χ0v) is 21.5. The second-order valence-electron chi connectivity index (χ2n) is 11.4. The second-order valence-corrected chi connectivity index (χ2v) is 11.4. The molecule has 2 fully saturated rings. The van der Waals surface area contributed by atoms with Crippen LogP contribution in [0.4, 0.5) is 18.9 Å². The number of aromatic hydroxyl groups is 1. The van der Waals surface area contributed by atoms with E-state index in [1.165, 1.54) is 21.8 Å². The largest absolute Gasteiger partial charge is 0.502 e. The summed E-state index contributed by atoms with van der Waals surface area (Å²) in [7, 11) is 0. The van der Waals surface area contributed by atoms with Crippen molar-refractivity contribution in [2.75, 3.05) is 29.7 Å². The van der Waals surface area contributed by atoms with Crippen molar-refractivity contribution >= 4 is 11.6 Å². The molecule has 4 atom stereocenters. The normalized spacial score (nSPS) is 29.6. The molecule has 1 aromatic heterocycles. The number of fused-ring (bicyclic) bond motifs is 6. The molecule has 8 nitrogen and oxygen atoms in total. The van der Waals surface area contributed by atoms with Crippen LogP contribution in [0, 0.1) is 11.6 Å².